The van der Waals surface area contributed by atoms with Gasteiger partial charge in [0.2, 0.25) is 0 Å². The lowest BCUT2D eigenvalue weighted by molar-refractivity contribution is -0.191. The van der Waals surface area contributed by atoms with Crippen molar-refractivity contribution in [1.82, 2.24) is 0 Å². The summed E-state index contributed by atoms with van der Waals surface area (Å²) in [5.74, 6) is 1.76. The molecule has 0 N–H and O–H groups in total. The molecule has 0 aliphatic rings. The average Bonchev–Trinajstić information content (AvgIpc) is 2.50. The molecule has 0 aromatic heterocycles. The summed E-state index contributed by atoms with van der Waals surface area (Å²) in [6.07, 6.45) is 0.250. The van der Waals surface area contributed by atoms with Crippen LogP contribution in [0.3, 0.4) is 0 Å². The summed E-state index contributed by atoms with van der Waals surface area (Å²) in [5.41, 5.74) is 3.36. The van der Waals surface area contributed by atoms with Crippen LogP contribution in [0.4, 0.5) is 0 Å². The van der Waals surface area contributed by atoms with E-state index in [-0.39, 0.29) is 6.15 Å². The summed E-state index contributed by atoms with van der Waals surface area (Å²) in [7, 11) is 1.68. The standard InChI is InChI=1S/C16H17BrO2.CO2/c1-11-6-4-5-7-15(11)19-10-13-9-14(18-3)8-12(2)16(13)17;2-1-3/h4-9H,10H2,1-3H3;. The van der Waals surface area contributed by atoms with Gasteiger partial charge in [0.15, 0.2) is 0 Å². The molecular weight excluding hydrogens is 348 g/mol. The molecule has 0 radical (unpaired) electrons. The van der Waals surface area contributed by atoms with Gasteiger partial charge < -0.3 is 9.47 Å². The van der Waals surface area contributed by atoms with Crippen molar-refractivity contribution in [2.24, 2.45) is 0 Å². The minimum Gasteiger partial charge on any atom is -0.497 e. The number of methoxy groups -OCH3 is 1. The number of carbonyl (C=O) groups excluding carboxylic acids is 2. The Bertz CT molecular complexity index is 662. The van der Waals surface area contributed by atoms with Gasteiger partial charge in [-0.05, 0) is 43.2 Å². The van der Waals surface area contributed by atoms with E-state index < -0.39 is 0 Å². The molecule has 0 atom stereocenters. The van der Waals surface area contributed by atoms with E-state index in [1.807, 2.05) is 50.2 Å². The minimum absolute atomic E-state index is 0.250. The van der Waals surface area contributed by atoms with Crippen LogP contribution < -0.4 is 9.47 Å². The molecule has 0 aliphatic heterocycles. The van der Waals surface area contributed by atoms with Gasteiger partial charge in [0.05, 0.1) is 7.11 Å². The van der Waals surface area contributed by atoms with Crippen molar-refractivity contribution in [3.63, 3.8) is 0 Å². The molecule has 0 unspecified atom stereocenters. The van der Waals surface area contributed by atoms with E-state index in [9.17, 15) is 0 Å². The molecule has 116 valence electrons. The van der Waals surface area contributed by atoms with Gasteiger partial charge in [-0.2, -0.15) is 9.59 Å². The highest BCUT2D eigenvalue weighted by atomic mass is 79.9. The maximum Gasteiger partial charge on any atom is 0.373 e. The quantitative estimate of drug-likeness (QED) is 0.820. The van der Waals surface area contributed by atoms with Crippen molar-refractivity contribution in [3.8, 4) is 11.5 Å². The molecule has 0 saturated carbocycles. The molecule has 2 aromatic rings. The maximum absolute atomic E-state index is 8.12. The largest absolute Gasteiger partial charge is 0.497 e. The lowest BCUT2D eigenvalue weighted by Gasteiger charge is -2.13. The number of halogens is 1. The Hall–Kier alpha value is -2.10. The van der Waals surface area contributed by atoms with Gasteiger partial charge >= 0.3 is 6.15 Å². The Kier molecular flexibility index (Phi) is 7.37. The molecule has 0 bridgehead atoms. The number of ether oxygens (including phenoxy) is 2. The van der Waals surface area contributed by atoms with Crippen molar-refractivity contribution in [3.05, 3.63) is 57.6 Å². The molecule has 0 spiro atoms. The molecule has 4 nitrogen and oxygen atoms in total. The first-order chi connectivity index (χ1) is 10.5. The van der Waals surface area contributed by atoms with Crippen molar-refractivity contribution in [2.45, 2.75) is 20.5 Å². The molecule has 0 heterocycles. The van der Waals surface area contributed by atoms with Gasteiger partial charge in [-0.15, -0.1) is 0 Å². The maximum atomic E-state index is 8.12. The van der Waals surface area contributed by atoms with Gasteiger partial charge in [0, 0.05) is 10.0 Å². The van der Waals surface area contributed by atoms with Crippen LogP contribution in [0.5, 0.6) is 11.5 Å². The Labute approximate surface area is 138 Å². The SMILES string of the molecule is COc1cc(C)c(Br)c(COc2ccccc2C)c1.O=C=O. The average molecular weight is 365 g/mol. The van der Waals surface area contributed by atoms with Crippen molar-refractivity contribution in [2.75, 3.05) is 7.11 Å². The minimum atomic E-state index is 0.250. The summed E-state index contributed by atoms with van der Waals surface area (Å²) in [5, 5.41) is 0. The van der Waals surface area contributed by atoms with Crippen molar-refractivity contribution < 1.29 is 19.1 Å². The number of hydrogen-bond donors (Lipinski definition) is 0. The van der Waals surface area contributed by atoms with Crippen LogP contribution >= 0.6 is 15.9 Å². The second-order valence-corrected chi connectivity index (χ2v) is 5.35. The Morgan fingerprint density at radius 1 is 1.09 bits per heavy atom. The summed E-state index contributed by atoms with van der Waals surface area (Å²) < 4.78 is 12.2. The fourth-order valence-electron chi connectivity index (χ4n) is 1.90. The second kappa shape index (κ2) is 9.03. The van der Waals surface area contributed by atoms with Crippen LogP contribution in [0.1, 0.15) is 16.7 Å². The highest BCUT2D eigenvalue weighted by Gasteiger charge is 2.08. The third-order valence-corrected chi connectivity index (χ3v) is 4.15. The zero-order chi connectivity index (χ0) is 16.5. The molecular formula is C17H17BrO4. The molecule has 2 aromatic carbocycles. The highest BCUT2D eigenvalue weighted by molar-refractivity contribution is 9.10. The van der Waals surface area contributed by atoms with Gasteiger partial charge in [-0.1, -0.05) is 34.1 Å². The Morgan fingerprint density at radius 3 is 2.32 bits per heavy atom. The Balaban J connectivity index is 0.000000745. The van der Waals surface area contributed by atoms with E-state index in [4.69, 9.17) is 19.1 Å². The highest BCUT2D eigenvalue weighted by Crippen LogP contribution is 2.28. The van der Waals surface area contributed by atoms with Gasteiger partial charge in [-0.3, -0.25) is 0 Å². The molecule has 0 saturated heterocycles. The first-order valence-corrected chi connectivity index (χ1v) is 7.33. The van der Waals surface area contributed by atoms with Crippen LogP contribution in [-0.2, 0) is 16.2 Å². The summed E-state index contributed by atoms with van der Waals surface area (Å²) in [6.45, 7) is 4.61. The molecule has 2 rings (SSSR count). The second-order valence-electron chi connectivity index (χ2n) is 4.55. The molecule has 0 fully saturated rings. The number of para-hydroxylation sites is 1. The normalized spacial score (nSPS) is 9.27. The molecule has 22 heavy (non-hydrogen) atoms. The number of hydrogen-bond acceptors (Lipinski definition) is 4. The van der Waals surface area contributed by atoms with Gasteiger partial charge in [0.25, 0.3) is 0 Å². The van der Waals surface area contributed by atoms with Crippen LogP contribution in [0.15, 0.2) is 40.9 Å². The lowest BCUT2D eigenvalue weighted by Crippen LogP contribution is -2.00. The fraction of sp³-hybridized carbons (Fsp3) is 0.235. The number of benzene rings is 2. The fourth-order valence-corrected chi connectivity index (χ4v) is 2.25. The van der Waals surface area contributed by atoms with E-state index in [2.05, 4.69) is 15.9 Å². The summed E-state index contributed by atoms with van der Waals surface area (Å²) >= 11 is 3.60. The zero-order valence-corrected chi connectivity index (χ0v) is 14.3. The first-order valence-electron chi connectivity index (χ1n) is 6.54. The monoisotopic (exact) mass is 364 g/mol. The summed E-state index contributed by atoms with van der Waals surface area (Å²) in [6, 6.07) is 12.0. The Morgan fingerprint density at radius 2 is 1.73 bits per heavy atom. The molecule has 5 heteroatoms. The predicted molar refractivity (Wildman–Crippen MR) is 85.9 cm³/mol. The van der Waals surface area contributed by atoms with Gasteiger partial charge in [0.1, 0.15) is 18.1 Å². The van der Waals surface area contributed by atoms with Crippen LogP contribution in [0.25, 0.3) is 0 Å². The first kappa shape index (κ1) is 18.0. The van der Waals surface area contributed by atoms with E-state index in [1.165, 1.54) is 0 Å². The van der Waals surface area contributed by atoms with Gasteiger partial charge in [-0.25, -0.2) is 0 Å². The van der Waals surface area contributed by atoms with E-state index in [0.717, 1.165) is 32.7 Å². The lowest BCUT2D eigenvalue weighted by atomic mass is 10.1. The smallest absolute Gasteiger partial charge is 0.373 e. The zero-order valence-electron chi connectivity index (χ0n) is 12.7. The van der Waals surface area contributed by atoms with Crippen LogP contribution in [0.2, 0.25) is 0 Å². The number of rotatable bonds is 4. The molecule has 0 aliphatic carbocycles. The third-order valence-electron chi connectivity index (χ3n) is 3.02. The van der Waals surface area contributed by atoms with E-state index in [1.54, 1.807) is 7.11 Å². The van der Waals surface area contributed by atoms with Crippen LogP contribution in [0, 0.1) is 13.8 Å². The van der Waals surface area contributed by atoms with Crippen molar-refractivity contribution in [1.29, 1.82) is 0 Å². The predicted octanol–water partition coefficient (Wildman–Crippen LogP) is 4.07. The molecule has 0 amide bonds. The van der Waals surface area contributed by atoms with E-state index >= 15 is 0 Å². The third kappa shape index (κ3) is 5.02. The van der Waals surface area contributed by atoms with Crippen LogP contribution in [-0.4, -0.2) is 13.3 Å². The number of aryl methyl sites for hydroxylation is 2. The van der Waals surface area contributed by atoms with Crippen molar-refractivity contribution >= 4 is 22.1 Å². The summed E-state index contributed by atoms with van der Waals surface area (Å²) in [4.78, 5) is 16.2. The topological polar surface area (TPSA) is 52.6 Å². The van der Waals surface area contributed by atoms with E-state index in [0.29, 0.717) is 6.61 Å².